The normalized spacial score (nSPS) is 21.7. The van der Waals surface area contributed by atoms with Gasteiger partial charge in [0.1, 0.15) is 11.6 Å². The van der Waals surface area contributed by atoms with Crippen LogP contribution in [0.4, 0.5) is 0 Å². The zero-order valence-corrected chi connectivity index (χ0v) is 16.6. The number of aliphatic hydroxyl groups excluding tert-OH is 1. The Labute approximate surface area is 169 Å². The first kappa shape index (κ1) is 19.3. The van der Waals surface area contributed by atoms with Crippen molar-refractivity contribution >= 4 is 5.91 Å². The minimum atomic E-state index is -0.573. The van der Waals surface area contributed by atoms with E-state index in [1.54, 1.807) is 18.5 Å². The van der Waals surface area contributed by atoms with Gasteiger partial charge < -0.3 is 10.4 Å². The zero-order chi connectivity index (χ0) is 20.4. The summed E-state index contributed by atoms with van der Waals surface area (Å²) in [6.07, 6.45) is 4.90. The van der Waals surface area contributed by atoms with Crippen molar-refractivity contribution in [1.29, 1.82) is 0 Å². The van der Waals surface area contributed by atoms with Gasteiger partial charge in [0.25, 0.3) is 5.91 Å². The number of pyridine rings is 1. The summed E-state index contributed by atoms with van der Waals surface area (Å²) in [5.41, 5.74) is 2.49. The van der Waals surface area contributed by atoms with Crippen LogP contribution in [-0.2, 0) is 0 Å². The molecule has 0 aliphatic heterocycles. The van der Waals surface area contributed by atoms with E-state index in [1.807, 2.05) is 48.9 Å². The van der Waals surface area contributed by atoms with Gasteiger partial charge in [-0.3, -0.25) is 9.78 Å². The first-order valence-electron chi connectivity index (χ1n) is 9.91. The number of aliphatic hydroxyl groups is 1. The highest BCUT2D eigenvalue weighted by Crippen LogP contribution is 2.33. The second-order valence-electron chi connectivity index (χ2n) is 7.67. The summed E-state index contributed by atoms with van der Waals surface area (Å²) in [5, 5.41) is 18.1. The van der Waals surface area contributed by atoms with Gasteiger partial charge in [-0.25, -0.2) is 9.67 Å². The van der Waals surface area contributed by atoms with Gasteiger partial charge in [0.15, 0.2) is 0 Å². The summed E-state index contributed by atoms with van der Waals surface area (Å²) < 4.78 is 1.82. The number of rotatable bonds is 4. The summed E-state index contributed by atoms with van der Waals surface area (Å²) in [7, 11) is 0. The molecule has 2 N–H and O–H groups in total. The molecule has 1 aliphatic carbocycles. The Bertz CT molecular complexity index is 1000. The van der Waals surface area contributed by atoms with Gasteiger partial charge in [0, 0.05) is 17.7 Å². The molecule has 1 amide bonds. The molecule has 0 radical (unpaired) electrons. The van der Waals surface area contributed by atoms with Crippen molar-refractivity contribution in [2.45, 2.75) is 51.2 Å². The van der Waals surface area contributed by atoms with Crippen molar-refractivity contribution in [2.24, 2.45) is 0 Å². The van der Waals surface area contributed by atoms with E-state index in [9.17, 15) is 9.90 Å². The van der Waals surface area contributed by atoms with Gasteiger partial charge in [-0.05, 0) is 57.4 Å². The third-order valence-electron chi connectivity index (χ3n) is 5.40. The van der Waals surface area contributed by atoms with Gasteiger partial charge >= 0.3 is 0 Å². The largest absolute Gasteiger partial charge is 0.391 e. The van der Waals surface area contributed by atoms with E-state index < -0.39 is 6.10 Å². The molecule has 3 aromatic rings. The number of benzene rings is 1. The van der Waals surface area contributed by atoms with Crippen molar-refractivity contribution in [2.75, 3.05) is 0 Å². The Morgan fingerprint density at radius 1 is 1.21 bits per heavy atom. The van der Waals surface area contributed by atoms with Gasteiger partial charge in [0.2, 0.25) is 0 Å². The number of aryl methyl sites for hydroxylation is 2. The zero-order valence-electron chi connectivity index (χ0n) is 16.6. The van der Waals surface area contributed by atoms with Crippen molar-refractivity contribution < 1.29 is 9.90 Å². The molecule has 2 aromatic heterocycles. The van der Waals surface area contributed by atoms with Crippen LogP contribution >= 0.6 is 0 Å². The monoisotopic (exact) mass is 391 g/mol. The lowest BCUT2D eigenvalue weighted by Gasteiger charge is -2.33. The average molecular weight is 391 g/mol. The number of carbonyl (C=O) groups is 1. The fraction of sp³-hybridized carbons (Fsp3) is 0.364. The van der Waals surface area contributed by atoms with Crippen LogP contribution in [0.3, 0.4) is 0 Å². The number of carbonyl (C=O) groups excluding carboxylic acids is 1. The molecule has 7 heteroatoms. The highest BCUT2D eigenvalue weighted by atomic mass is 16.3. The highest BCUT2D eigenvalue weighted by Gasteiger charge is 2.34. The van der Waals surface area contributed by atoms with E-state index in [1.165, 1.54) is 0 Å². The molecule has 0 bridgehead atoms. The van der Waals surface area contributed by atoms with Crippen LogP contribution in [0.5, 0.6) is 0 Å². The molecule has 7 nitrogen and oxygen atoms in total. The maximum atomic E-state index is 12.7. The first-order chi connectivity index (χ1) is 14.0. The lowest BCUT2D eigenvalue weighted by atomic mass is 9.83. The van der Waals surface area contributed by atoms with Crippen LogP contribution in [0.2, 0.25) is 0 Å². The number of aromatic nitrogens is 4. The molecule has 0 unspecified atom stereocenters. The second-order valence-corrected chi connectivity index (χ2v) is 7.67. The molecule has 1 fully saturated rings. The molecule has 0 spiro atoms. The smallest absolute Gasteiger partial charge is 0.251 e. The minimum Gasteiger partial charge on any atom is -0.391 e. The van der Waals surface area contributed by atoms with Gasteiger partial charge in [-0.1, -0.05) is 17.7 Å². The second kappa shape index (κ2) is 8.13. The van der Waals surface area contributed by atoms with Crippen LogP contribution in [0.15, 0.2) is 48.8 Å². The van der Waals surface area contributed by atoms with E-state index in [-0.39, 0.29) is 17.9 Å². The number of hydrogen-bond donors (Lipinski definition) is 2. The summed E-state index contributed by atoms with van der Waals surface area (Å²) >= 11 is 0. The SMILES string of the molecule is Cc1cccc(C(=O)N[C@@H]2C[C@@H](c3nc(C)nn3-c3cccnc3)CC[C@H]2O)c1. The molecular weight excluding hydrogens is 366 g/mol. The number of nitrogens with one attached hydrogen (secondary N) is 1. The van der Waals surface area contributed by atoms with Crippen LogP contribution < -0.4 is 5.32 Å². The maximum Gasteiger partial charge on any atom is 0.251 e. The molecule has 4 rings (SSSR count). The van der Waals surface area contributed by atoms with Crippen LogP contribution in [-0.4, -0.2) is 42.9 Å². The van der Waals surface area contributed by atoms with E-state index in [4.69, 9.17) is 0 Å². The fourth-order valence-corrected chi connectivity index (χ4v) is 3.95. The quantitative estimate of drug-likeness (QED) is 0.713. The van der Waals surface area contributed by atoms with E-state index in [2.05, 4.69) is 20.4 Å². The van der Waals surface area contributed by atoms with E-state index >= 15 is 0 Å². The third-order valence-corrected chi connectivity index (χ3v) is 5.40. The molecule has 2 heterocycles. The Balaban J connectivity index is 1.55. The molecule has 150 valence electrons. The standard InChI is InChI=1S/C22H25N5O2/c1-14-5-3-6-17(11-14)22(29)25-19-12-16(8-9-20(19)28)21-24-15(2)26-27(21)18-7-4-10-23-13-18/h3-7,10-11,13,16,19-20,28H,8-9,12H2,1-2H3,(H,25,29)/t16-,19+,20+/m0/s1. The Hall–Kier alpha value is -3.06. The van der Waals surface area contributed by atoms with E-state index in [0.29, 0.717) is 24.2 Å². The van der Waals surface area contributed by atoms with Gasteiger partial charge in [-0.15, -0.1) is 0 Å². The molecule has 29 heavy (non-hydrogen) atoms. The average Bonchev–Trinajstić information content (AvgIpc) is 3.12. The summed E-state index contributed by atoms with van der Waals surface area (Å²) in [6, 6.07) is 10.9. The van der Waals surface area contributed by atoms with Crippen molar-refractivity contribution in [3.8, 4) is 5.69 Å². The molecule has 1 aliphatic rings. The lowest BCUT2D eigenvalue weighted by Crippen LogP contribution is -2.47. The van der Waals surface area contributed by atoms with Crippen molar-refractivity contribution in [3.05, 3.63) is 71.6 Å². The highest BCUT2D eigenvalue weighted by molar-refractivity contribution is 5.94. The van der Waals surface area contributed by atoms with Gasteiger partial charge in [-0.2, -0.15) is 5.10 Å². The van der Waals surface area contributed by atoms with Crippen LogP contribution in [0.1, 0.15) is 52.8 Å². The maximum absolute atomic E-state index is 12.7. The van der Waals surface area contributed by atoms with Gasteiger partial charge in [0.05, 0.1) is 24.0 Å². The molecule has 1 aromatic carbocycles. The predicted octanol–water partition coefficient (Wildman–Crippen LogP) is 2.71. The molecule has 3 atom stereocenters. The number of nitrogens with zero attached hydrogens (tertiary/aromatic N) is 4. The van der Waals surface area contributed by atoms with Crippen LogP contribution in [0.25, 0.3) is 5.69 Å². The summed E-state index contributed by atoms with van der Waals surface area (Å²) in [4.78, 5) is 21.5. The topological polar surface area (TPSA) is 92.9 Å². The lowest BCUT2D eigenvalue weighted by molar-refractivity contribution is 0.0670. The minimum absolute atomic E-state index is 0.0858. The van der Waals surface area contributed by atoms with Crippen molar-refractivity contribution in [1.82, 2.24) is 25.1 Å². The summed E-state index contributed by atoms with van der Waals surface area (Å²) in [6.45, 7) is 3.82. The molecule has 0 saturated heterocycles. The number of hydrogen-bond acceptors (Lipinski definition) is 5. The Morgan fingerprint density at radius 2 is 2.07 bits per heavy atom. The van der Waals surface area contributed by atoms with E-state index in [0.717, 1.165) is 23.5 Å². The van der Waals surface area contributed by atoms with Crippen molar-refractivity contribution in [3.63, 3.8) is 0 Å². The Kier molecular flexibility index (Phi) is 5.40. The summed E-state index contributed by atoms with van der Waals surface area (Å²) in [5.74, 6) is 1.46. The Morgan fingerprint density at radius 3 is 2.83 bits per heavy atom. The third kappa shape index (κ3) is 4.19. The number of amides is 1. The molecular formula is C22H25N5O2. The first-order valence-corrected chi connectivity index (χ1v) is 9.91. The fourth-order valence-electron chi connectivity index (χ4n) is 3.95. The van der Waals surface area contributed by atoms with Crippen LogP contribution in [0, 0.1) is 13.8 Å². The molecule has 1 saturated carbocycles. The predicted molar refractivity (Wildman–Crippen MR) is 109 cm³/mol.